The number of aromatic amines is 1. The van der Waals surface area contributed by atoms with Crippen molar-refractivity contribution >= 4 is 11.8 Å². The van der Waals surface area contributed by atoms with Crippen LogP contribution in [0.2, 0.25) is 0 Å². The monoisotopic (exact) mass is 264 g/mol. The van der Waals surface area contributed by atoms with Crippen molar-refractivity contribution in [1.82, 2.24) is 25.4 Å². The predicted molar refractivity (Wildman–Crippen MR) is 69.2 cm³/mol. The van der Waals surface area contributed by atoms with Gasteiger partial charge in [-0.3, -0.25) is 5.10 Å². The maximum Gasteiger partial charge on any atom is 0.189 e. The largest absolute Gasteiger partial charge is 0.326 e. The maximum atomic E-state index is 5.85. The van der Waals surface area contributed by atoms with E-state index in [9.17, 15) is 0 Å². The average Bonchev–Trinajstić information content (AvgIpc) is 2.90. The zero-order valence-corrected chi connectivity index (χ0v) is 11.3. The first-order chi connectivity index (χ1) is 8.80. The molecule has 2 aromatic heterocycles. The van der Waals surface area contributed by atoms with Crippen molar-refractivity contribution in [3.05, 3.63) is 23.1 Å². The molecule has 7 heteroatoms. The average molecular weight is 264 g/mol. The van der Waals surface area contributed by atoms with Crippen molar-refractivity contribution in [2.75, 3.05) is 0 Å². The number of hydrogen-bond acceptors (Lipinski definition) is 6. The first-order valence-corrected chi connectivity index (χ1v) is 6.72. The van der Waals surface area contributed by atoms with E-state index in [0.29, 0.717) is 11.7 Å². The molecule has 0 fully saturated rings. The van der Waals surface area contributed by atoms with E-state index in [-0.39, 0.29) is 0 Å². The summed E-state index contributed by atoms with van der Waals surface area (Å²) < 4.78 is 0. The van der Waals surface area contributed by atoms with Crippen LogP contribution in [-0.2, 0) is 19.4 Å². The quantitative estimate of drug-likeness (QED) is 0.846. The highest BCUT2D eigenvalue weighted by molar-refractivity contribution is 7.99. The van der Waals surface area contributed by atoms with E-state index < -0.39 is 0 Å². The molecule has 0 amide bonds. The molecule has 0 atom stereocenters. The fourth-order valence-electron chi connectivity index (χ4n) is 1.86. The van der Waals surface area contributed by atoms with Crippen LogP contribution in [0.5, 0.6) is 0 Å². The van der Waals surface area contributed by atoms with E-state index >= 15 is 0 Å². The van der Waals surface area contributed by atoms with Gasteiger partial charge in [0.05, 0.1) is 5.69 Å². The van der Waals surface area contributed by atoms with Crippen molar-refractivity contribution in [1.29, 1.82) is 0 Å². The molecule has 0 saturated carbocycles. The fourth-order valence-corrected chi connectivity index (χ4v) is 2.65. The summed E-state index contributed by atoms with van der Waals surface area (Å²) in [6.07, 6.45) is 3.25. The van der Waals surface area contributed by atoms with Crippen LogP contribution in [-0.4, -0.2) is 25.4 Å². The standard InChI is InChI=1S/C11H16N6S/c1-3-7-8(5-12)10(16-15-9(7)4-2)18-11-13-6-14-17-11/h6H,3-5,12H2,1-2H3,(H,13,14,17). The second-order valence-electron chi connectivity index (χ2n) is 3.71. The van der Waals surface area contributed by atoms with E-state index in [1.165, 1.54) is 23.7 Å². The molecule has 0 unspecified atom stereocenters. The minimum Gasteiger partial charge on any atom is -0.326 e. The molecule has 2 heterocycles. The number of rotatable bonds is 5. The summed E-state index contributed by atoms with van der Waals surface area (Å²) in [5, 5.41) is 16.6. The lowest BCUT2D eigenvalue weighted by Gasteiger charge is -2.12. The zero-order valence-electron chi connectivity index (χ0n) is 10.5. The van der Waals surface area contributed by atoms with Crippen molar-refractivity contribution in [2.45, 2.75) is 43.4 Å². The van der Waals surface area contributed by atoms with E-state index in [0.717, 1.165) is 29.1 Å². The Morgan fingerprint density at radius 3 is 2.61 bits per heavy atom. The van der Waals surface area contributed by atoms with Gasteiger partial charge < -0.3 is 5.73 Å². The minimum atomic E-state index is 0.460. The second-order valence-corrected chi connectivity index (χ2v) is 4.69. The first-order valence-electron chi connectivity index (χ1n) is 5.90. The molecule has 2 aromatic rings. The summed E-state index contributed by atoms with van der Waals surface area (Å²) in [6.45, 7) is 4.65. The third-order valence-electron chi connectivity index (χ3n) is 2.71. The number of nitrogens with zero attached hydrogens (tertiary/aromatic N) is 4. The van der Waals surface area contributed by atoms with Crippen LogP contribution in [0.15, 0.2) is 16.5 Å². The van der Waals surface area contributed by atoms with Gasteiger partial charge in [-0.15, -0.1) is 5.10 Å². The van der Waals surface area contributed by atoms with E-state index in [4.69, 9.17) is 5.73 Å². The van der Waals surface area contributed by atoms with Gasteiger partial charge in [-0.2, -0.15) is 10.2 Å². The summed E-state index contributed by atoms with van der Waals surface area (Å²) in [6, 6.07) is 0. The molecule has 96 valence electrons. The molecular weight excluding hydrogens is 248 g/mol. The number of aromatic nitrogens is 5. The number of H-pyrrole nitrogens is 1. The Bertz CT molecular complexity index is 511. The molecule has 0 saturated heterocycles. The van der Waals surface area contributed by atoms with Gasteiger partial charge in [-0.25, -0.2) is 4.98 Å². The molecule has 0 spiro atoms. The molecule has 0 radical (unpaired) electrons. The fraction of sp³-hybridized carbons (Fsp3) is 0.455. The predicted octanol–water partition coefficient (Wildman–Crippen LogP) is 1.33. The SMILES string of the molecule is CCc1nnc(Sc2ncn[nH]2)c(CN)c1CC. The van der Waals surface area contributed by atoms with Gasteiger partial charge in [0.15, 0.2) is 5.16 Å². The Balaban J connectivity index is 2.41. The van der Waals surface area contributed by atoms with Gasteiger partial charge in [0, 0.05) is 12.1 Å². The summed E-state index contributed by atoms with van der Waals surface area (Å²) in [7, 11) is 0. The van der Waals surface area contributed by atoms with Crippen LogP contribution in [0.3, 0.4) is 0 Å². The maximum absolute atomic E-state index is 5.85. The number of nitrogens with one attached hydrogen (secondary N) is 1. The molecule has 2 rings (SSSR count). The van der Waals surface area contributed by atoms with Crippen molar-refractivity contribution in [3.8, 4) is 0 Å². The second kappa shape index (κ2) is 5.92. The highest BCUT2D eigenvalue weighted by Gasteiger charge is 2.15. The molecule has 0 aromatic carbocycles. The summed E-state index contributed by atoms with van der Waals surface area (Å²) in [4.78, 5) is 4.07. The Kier molecular flexibility index (Phi) is 4.27. The Hall–Kier alpha value is -1.47. The van der Waals surface area contributed by atoms with E-state index in [2.05, 4.69) is 39.2 Å². The molecule has 0 aliphatic carbocycles. The van der Waals surface area contributed by atoms with Gasteiger partial charge in [-0.1, -0.05) is 13.8 Å². The van der Waals surface area contributed by atoms with Gasteiger partial charge in [-0.05, 0) is 30.2 Å². The number of hydrogen-bond donors (Lipinski definition) is 2. The smallest absolute Gasteiger partial charge is 0.189 e. The van der Waals surface area contributed by atoms with Crippen molar-refractivity contribution in [3.63, 3.8) is 0 Å². The lowest BCUT2D eigenvalue weighted by molar-refractivity contribution is 0.780. The topological polar surface area (TPSA) is 93.4 Å². The molecule has 0 aliphatic rings. The van der Waals surface area contributed by atoms with Gasteiger partial charge in [0.25, 0.3) is 0 Å². The number of aryl methyl sites for hydroxylation is 1. The molecule has 0 bridgehead atoms. The van der Waals surface area contributed by atoms with Crippen LogP contribution in [0.1, 0.15) is 30.7 Å². The normalized spacial score (nSPS) is 10.8. The van der Waals surface area contributed by atoms with E-state index in [1.54, 1.807) is 0 Å². The van der Waals surface area contributed by atoms with Gasteiger partial charge in [0.1, 0.15) is 11.4 Å². The Morgan fingerprint density at radius 2 is 2.06 bits per heavy atom. The molecule has 18 heavy (non-hydrogen) atoms. The Labute approximate surface area is 110 Å². The van der Waals surface area contributed by atoms with Crippen LogP contribution in [0.25, 0.3) is 0 Å². The highest BCUT2D eigenvalue weighted by Crippen LogP contribution is 2.28. The molecule has 0 aliphatic heterocycles. The third kappa shape index (κ3) is 2.51. The minimum absolute atomic E-state index is 0.460. The summed E-state index contributed by atoms with van der Waals surface area (Å²) in [5.74, 6) is 0. The van der Waals surface area contributed by atoms with Crippen LogP contribution in [0.4, 0.5) is 0 Å². The Morgan fingerprint density at radius 1 is 1.22 bits per heavy atom. The molecular formula is C11H16N6S. The lowest BCUT2D eigenvalue weighted by Crippen LogP contribution is -2.10. The summed E-state index contributed by atoms with van der Waals surface area (Å²) in [5.41, 5.74) is 9.15. The third-order valence-corrected chi connectivity index (χ3v) is 3.62. The van der Waals surface area contributed by atoms with Crippen molar-refractivity contribution in [2.24, 2.45) is 5.73 Å². The van der Waals surface area contributed by atoms with Crippen LogP contribution < -0.4 is 5.73 Å². The molecule has 6 nitrogen and oxygen atoms in total. The van der Waals surface area contributed by atoms with Gasteiger partial charge in [0.2, 0.25) is 0 Å². The highest BCUT2D eigenvalue weighted by atomic mass is 32.2. The zero-order chi connectivity index (χ0) is 13.0. The lowest BCUT2D eigenvalue weighted by atomic mass is 10.0. The van der Waals surface area contributed by atoms with Crippen LogP contribution >= 0.6 is 11.8 Å². The van der Waals surface area contributed by atoms with Crippen molar-refractivity contribution < 1.29 is 0 Å². The number of nitrogens with two attached hydrogens (primary N) is 1. The van der Waals surface area contributed by atoms with E-state index in [1.807, 2.05) is 0 Å². The van der Waals surface area contributed by atoms with Crippen LogP contribution in [0, 0.1) is 0 Å². The molecule has 3 N–H and O–H groups in total. The first kappa shape index (κ1) is 13.0. The van der Waals surface area contributed by atoms with Gasteiger partial charge >= 0.3 is 0 Å². The summed E-state index contributed by atoms with van der Waals surface area (Å²) >= 11 is 1.41.